The number of oxazole rings is 1. The molecule has 0 atom stereocenters. The van der Waals surface area contributed by atoms with Crippen LogP contribution in [0.1, 0.15) is 47.1 Å². The van der Waals surface area contributed by atoms with Gasteiger partial charge in [-0.15, -0.1) is 0 Å². The maximum atomic E-state index is 13.7. The van der Waals surface area contributed by atoms with Gasteiger partial charge in [0.25, 0.3) is 5.91 Å². The second kappa shape index (κ2) is 12.7. The Morgan fingerprint density at radius 3 is 2.37 bits per heavy atom. The molecule has 0 saturated heterocycles. The molecule has 1 heterocycles. The third-order valence-corrected chi connectivity index (χ3v) is 6.20. The molecule has 0 fully saturated rings. The molecule has 4 aromatic rings. The van der Waals surface area contributed by atoms with Crippen LogP contribution in [-0.4, -0.2) is 35.1 Å². The minimum atomic E-state index is -0.907. The number of hydrogen-bond donors (Lipinski definition) is 1. The number of carbonyl (C=O) groups excluding carboxylic acids is 1. The minimum Gasteiger partial charge on any atom is -0.493 e. The summed E-state index contributed by atoms with van der Waals surface area (Å²) in [6.07, 6.45) is 1.52. The summed E-state index contributed by atoms with van der Waals surface area (Å²) in [5.74, 6) is 0.774. The van der Waals surface area contributed by atoms with E-state index in [0.717, 1.165) is 29.1 Å². The van der Waals surface area contributed by atoms with Crippen molar-refractivity contribution in [1.82, 2.24) is 4.98 Å². The lowest BCUT2D eigenvalue weighted by Gasteiger charge is -2.24. The van der Waals surface area contributed by atoms with Crippen molar-refractivity contribution < 1.29 is 23.8 Å². The molecule has 0 bridgehead atoms. The van der Waals surface area contributed by atoms with Gasteiger partial charge in [0.2, 0.25) is 5.89 Å². The number of para-hydroxylation sites is 1. The summed E-state index contributed by atoms with van der Waals surface area (Å²) in [7, 11) is 0. The van der Waals surface area contributed by atoms with E-state index in [-0.39, 0.29) is 18.7 Å². The molecular formula is C31H32N2O5. The zero-order valence-corrected chi connectivity index (χ0v) is 21.7. The Morgan fingerprint density at radius 1 is 0.974 bits per heavy atom. The molecule has 0 aliphatic heterocycles. The zero-order chi connectivity index (χ0) is 26.9. The maximum absolute atomic E-state index is 13.7. The number of hydrogen-bond acceptors (Lipinski definition) is 5. The number of carboxylic acids is 1. The van der Waals surface area contributed by atoms with E-state index >= 15 is 0 Å². The van der Waals surface area contributed by atoms with E-state index in [9.17, 15) is 14.7 Å². The van der Waals surface area contributed by atoms with E-state index in [1.165, 1.54) is 0 Å². The van der Waals surface area contributed by atoms with Crippen LogP contribution in [0.25, 0.3) is 11.5 Å². The Bertz CT molecular complexity index is 1370. The average Bonchev–Trinajstić information content (AvgIpc) is 3.31. The van der Waals surface area contributed by atoms with Crippen LogP contribution < -0.4 is 9.64 Å². The van der Waals surface area contributed by atoms with Crippen LogP contribution in [0, 0.1) is 6.92 Å². The fourth-order valence-electron chi connectivity index (χ4n) is 4.26. The molecule has 7 nitrogen and oxygen atoms in total. The van der Waals surface area contributed by atoms with Crippen LogP contribution in [0.3, 0.4) is 0 Å². The Hall–Kier alpha value is -4.39. The highest BCUT2D eigenvalue weighted by atomic mass is 16.5. The van der Waals surface area contributed by atoms with Gasteiger partial charge in [-0.2, -0.15) is 0 Å². The van der Waals surface area contributed by atoms with E-state index in [0.29, 0.717) is 42.3 Å². The average molecular weight is 513 g/mol. The van der Waals surface area contributed by atoms with Crippen LogP contribution in [0.5, 0.6) is 5.75 Å². The van der Waals surface area contributed by atoms with Gasteiger partial charge in [-0.25, -0.2) is 4.98 Å². The molecule has 38 heavy (non-hydrogen) atoms. The van der Waals surface area contributed by atoms with Gasteiger partial charge >= 0.3 is 5.97 Å². The Kier molecular flexibility index (Phi) is 8.93. The van der Waals surface area contributed by atoms with E-state index in [2.05, 4.69) is 4.98 Å². The monoisotopic (exact) mass is 512 g/mol. The molecular weight excluding hydrogens is 480 g/mol. The first-order valence-electron chi connectivity index (χ1n) is 12.8. The highest BCUT2D eigenvalue weighted by Crippen LogP contribution is 2.25. The highest BCUT2D eigenvalue weighted by molar-refractivity contribution is 6.07. The lowest BCUT2D eigenvalue weighted by molar-refractivity contribution is -0.136. The van der Waals surface area contributed by atoms with Crippen LogP contribution in [0.15, 0.2) is 83.3 Å². The van der Waals surface area contributed by atoms with Crippen molar-refractivity contribution >= 4 is 17.6 Å². The summed E-state index contributed by atoms with van der Waals surface area (Å²) in [4.78, 5) is 31.3. The summed E-state index contributed by atoms with van der Waals surface area (Å²) in [5, 5.41) is 9.22. The first-order chi connectivity index (χ1) is 18.5. The normalized spacial score (nSPS) is 10.8. The summed E-state index contributed by atoms with van der Waals surface area (Å²) < 4.78 is 11.9. The third-order valence-electron chi connectivity index (χ3n) is 6.20. The molecule has 0 saturated carbocycles. The van der Waals surface area contributed by atoms with Gasteiger partial charge in [-0.1, -0.05) is 49.4 Å². The standard InChI is InChI=1S/C31H32N2O5/c1-3-19-33(25-12-8-5-9-13-25)31(36)27-21-26(16-14-23(27)15-17-29(34)35)37-20-18-28-22(2)38-30(32-28)24-10-6-4-7-11-24/h4-14,16,21H,3,15,17-20H2,1-2H3,(H,34,35). The first-order valence-corrected chi connectivity index (χ1v) is 12.8. The fourth-order valence-corrected chi connectivity index (χ4v) is 4.26. The number of aromatic nitrogens is 1. The summed E-state index contributed by atoms with van der Waals surface area (Å²) >= 11 is 0. The van der Waals surface area contributed by atoms with Crippen LogP contribution >= 0.6 is 0 Å². The number of anilines is 1. The molecule has 1 N–H and O–H groups in total. The minimum absolute atomic E-state index is 0.0607. The lowest BCUT2D eigenvalue weighted by atomic mass is 10.0. The zero-order valence-electron chi connectivity index (χ0n) is 21.7. The Morgan fingerprint density at radius 2 is 1.68 bits per heavy atom. The molecule has 0 spiro atoms. The SMILES string of the molecule is CCCN(C(=O)c1cc(OCCc2nc(-c3ccccc3)oc2C)ccc1CCC(=O)O)c1ccccc1. The summed E-state index contributed by atoms with van der Waals surface area (Å²) in [6, 6.07) is 24.5. The molecule has 0 aliphatic rings. The molecule has 0 aliphatic carbocycles. The molecule has 7 heteroatoms. The number of amides is 1. The van der Waals surface area contributed by atoms with E-state index in [1.807, 2.05) is 74.5 Å². The number of ether oxygens (including phenoxy) is 1. The molecule has 0 radical (unpaired) electrons. The van der Waals surface area contributed by atoms with Gasteiger partial charge in [0.1, 0.15) is 11.5 Å². The summed E-state index contributed by atoms with van der Waals surface area (Å²) in [6.45, 7) is 4.79. The van der Waals surface area contributed by atoms with Crippen molar-refractivity contribution in [2.45, 2.75) is 39.5 Å². The fraction of sp³-hybridized carbons (Fsp3) is 0.258. The molecule has 0 unspecified atom stereocenters. The maximum Gasteiger partial charge on any atom is 0.303 e. The quantitative estimate of drug-likeness (QED) is 0.238. The van der Waals surface area contributed by atoms with Crippen LogP contribution in [0.2, 0.25) is 0 Å². The summed E-state index contributed by atoms with van der Waals surface area (Å²) in [5.41, 5.74) is 3.66. The lowest BCUT2D eigenvalue weighted by Crippen LogP contribution is -2.32. The number of aryl methyl sites for hydroxylation is 2. The van der Waals surface area contributed by atoms with Crippen molar-refractivity contribution in [3.05, 3.63) is 101 Å². The molecule has 1 aromatic heterocycles. The number of aliphatic carboxylic acids is 1. The van der Waals surface area contributed by atoms with Gasteiger partial charge < -0.3 is 19.2 Å². The number of nitrogens with zero attached hydrogens (tertiary/aromatic N) is 2. The largest absolute Gasteiger partial charge is 0.493 e. The van der Waals surface area contributed by atoms with E-state index < -0.39 is 5.97 Å². The predicted molar refractivity (Wildman–Crippen MR) is 147 cm³/mol. The van der Waals surface area contributed by atoms with Crippen molar-refractivity contribution in [3.8, 4) is 17.2 Å². The van der Waals surface area contributed by atoms with Crippen LogP contribution in [0.4, 0.5) is 5.69 Å². The highest BCUT2D eigenvalue weighted by Gasteiger charge is 2.21. The van der Waals surface area contributed by atoms with Crippen molar-refractivity contribution in [3.63, 3.8) is 0 Å². The second-order valence-corrected chi connectivity index (χ2v) is 8.99. The molecule has 1 amide bonds. The molecule has 196 valence electrons. The number of benzene rings is 3. The smallest absolute Gasteiger partial charge is 0.303 e. The van der Waals surface area contributed by atoms with E-state index in [4.69, 9.17) is 9.15 Å². The Balaban J connectivity index is 1.52. The van der Waals surface area contributed by atoms with Crippen molar-refractivity contribution in [1.29, 1.82) is 0 Å². The molecule has 3 aromatic carbocycles. The predicted octanol–water partition coefficient (Wildman–Crippen LogP) is 6.35. The topological polar surface area (TPSA) is 92.9 Å². The Labute approximate surface area is 222 Å². The number of carbonyl (C=O) groups is 2. The van der Waals surface area contributed by atoms with E-state index in [1.54, 1.807) is 23.1 Å². The van der Waals surface area contributed by atoms with Gasteiger partial charge in [-0.05, 0) is 61.7 Å². The second-order valence-electron chi connectivity index (χ2n) is 8.99. The van der Waals surface area contributed by atoms with Crippen molar-refractivity contribution in [2.24, 2.45) is 0 Å². The van der Waals surface area contributed by atoms with Crippen molar-refractivity contribution in [2.75, 3.05) is 18.1 Å². The molecule has 4 rings (SSSR count). The van der Waals surface area contributed by atoms with Gasteiger partial charge in [0, 0.05) is 36.2 Å². The third kappa shape index (κ3) is 6.68. The van der Waals surface area contributed by atoms with Gasteiger partial charge in [-0.3, -0.25) is 9.59 Å². The number of carboxylic acid groups (broad SMARTS) is 1. The first kappa shape index (κ1) is 26.7. The van der Waals surface area contributed by atoms with Crippen LogP contribution in [-0.2, 0) is 17.6 Å². The van der Waals surface area contributed by atoms with Gasteiger partial charge in [0.15, 0.2) is 0 Å². The number of rotatable bonds is 12. The van der Waals surface area contributed by atoms with Gasteiger partial charge in [0.05, 0.1) is 12.3 Å².